The van der Waals surface area contributed by atoms with Gasteiger partial charge in [-0.15, -0.1) is 0 Å². The molecule has 0 radical (unpaired) electrons. The van der Waals surface area contributed by atoms with Crippen LogP contribution in [0.3, 0.4) is 0 Å². The Morgan fingerprint density at radius 3 is 2.47 bits per heavy atom. The minimum absolute atomic E-state index is 0.523. The number of halogens is 4. The minimum atomic E-state index is -4.60. The largest absolute Gasteiger partial charge is 0.416 e. The van der Waals surface area contributed by atoms with E-state index in [0.29, 0.717) is 18.2 Å². The fourth-order valence-electron chi connectivity index (χ4n) is 1.04. The lowest BCUT2D eigenvalue weighted by Gasteiger charge is -2.12. The highest BCUT2D eigenvalue weighted by Gasteiger charge is 2.31. The first kappa shape index (κ1) is 13.4. The molecule has 0 saturated heterocycles. The zero-order valence-electron chi connectivity index (χ0n) is 8.81. The lowest BCUT2D eigenvalue weighted by molar-refractivity contribution is -0.137. The number of amides is 1. The first-order chi connectivity index (χ1) is 7.71. The molecule has 0 aliphatic carbocycles. The van der Waals surface area contributed by atoms with E-state index in [4.69, 9.17) is 5.73 Å². The summed E-state index contributed by atoms with van der Waals surface area (Å²) >= 11 is 0. The van der Waals surface area contributed by atoms with E-state index in [0.717, 1.165) is 0 Å². The number of carbonyl (C=O) groups is 1. The van der Waals surface area contributed by atoms with Crippen molar-refractivity contribution in [3.63, 3.8) is 0 Å². The van der Waals surface area contributed by atoms with Crippen molar-refractivity contribution >= 4 is 11.6 Å². The molecule has 1 unspecified atom stereocenters. The van der Waals surface area contributed by atoms with Crippen LogP contribution in [-0.2, 0) is 11.0 Å². The Kier molecular flexibility index (Phi) is 3.72. The number of nitrogens with one attached hydrogen (secondary N) is 1. The number of rotatable bonds is 2. The van der Waals surface area contributed by atoms with Crippen LogP contribution < -0.4 is 11.1 Å². The van der Waals surface area contributed by atoms with Gasteiger partial charge in [-0.1, -0.05) is 0 Å². The minimum Gasteiger partial charge on any atom is -0.322 e. The maximum atomic E-state index is 13.2. The van der Waals surface area contributed by atoms with E-state index in [9.17, 15) is 22.4 Å². The summed E-state index contributed by atoms with van der Waals surface area (Å²) in [4.78, 5) is 11.1. The van der Waals surface area contributed by atoms with E-state index in [-0.39, 0.29) is 0 Å². The van der Waals surface area contributed by atoms with Crippen molar-refractivity contribution in [2.24, 2.45) is 5.73 Å². The zero-order valence-corrected chi connectivity index (χ0v) is 8.81. The molecule has 0 spiro atoms. The van der Waals surface area contributed by atoms with E-state index in [1.807, 2.05) is 5.32 Å². The quantitative estimate of drug-likeness (QED) is 0.790. The Balaban J connectivity index is 3.03. The van der Waals surface area contributed by atoms with Gasteiger partial charge in [-0.05, 0) is 25.1 Å². The molecule has 3 N–H and O–H groups in total. The third kappa shape index (κ3) is 3.42. The molecule has 0 aromatic heterocycles. The van der Waals surface area contributed by atoms with Crippen LogP contribution in [-0.4, -0.2) is 11.9 Å². The van der Waals surface area contributed by atoms with Gasteiger partial charge in [0.1, 0.15) is 5.82 Å². The van der Waals surface area contributed by atoms with Crippen molar-refractivity contribution in [3.05, 3.63) is 29.6 Å². The van der Waals surface area contributed by atoms with Crippen molar-refractivity contribution in [2.75, 3.05) is 5.32 Å². The number of anilines is 1. The van der Waals surface area contributed by atoms with Gasteiger partial charge in [0.2, 0.25) is 5.91 Å². The molecule has 0 heterocycles. The number of hydrogen-bond acceptors (Lipinski definition) is 2. The second kappa shape index (κ2) is 4.70. The number of hydrogen-bond donors (Lipinski definition) is 2. The average molecular weight is 250 g/mol. The summed E-state index contributed by atoms with van der Waals surface area (Å²) < 4.78 is 50.2. The van der Waals surface area contributed by atoms with E-state index < -0.39 is 35.2 Å². The average Bonchev–Trinajstić information content (AvgIpc) is 2.19. The predicted octanol–water partition coefficient (Wildman–Crippen LogP) is 2.13. The molecular weight excluding hydrogens is 240 g/mol. The van der Waals surface area contributed by atoms with Gasteiger partial charge in [0.05, 0.1) is 17.3 Å². The van der Waals surface area contributed by atoms with Crippen molar-refractivity contribution in [2.45, 2.75) is 19.1 Å². The summed E-state index contributed by atoms with van der Waals surface area (Å²) in [5.74, 6) is -1.71. The third-order valence-corrected chi connectivity index (χ3v) is 1.97. The summed E-state index contributed by atoms with van der Waals surface area (Å²) in [6.45, 7) is 1.33. The smallest absolute Gasteiger partial charge is 0.322 e. The van der Waals surface area contributed by atoms with Gasteiger partial charge in [-0.3, -0.25) is 4.79 Å². The van der Waals surface area contributed by atoms with Crippen LogP contribution in [0, 0.1) is 5.82 Å². The summed E-state index contributed by atoms with van der Waals surface area (Å²) in [6.07, 6.45) is -4.60. The molecule has 1 rings (SSSR count). The SMILES string of the molecule is CC(N)C(=O)Nc1cc(C(F)(F)F)ccc1F. The molecule has 1 amide bonds. The van der Waals surface area contributed by atoms with Crippen LogP contribution in [0.4, 0.5) is 23.2 Å². The van der Waals surface area contributed by atoms with Gasteiger partial charge in [-0.25, -0.2) is 4.39 Å². The van der Waals surface area contributed by atoms with Crippen LogP contribution >= 0.6 is 0 Å². The molecule has 7 heteroatoms. The Bertz CT molecular complexity index is 429. The number of alkyl halides is 3. The van der Waals surface area contributed by atoms with Crippen molar-refractivity contribution in [1.82, 2.24) is 0 Å². The molecule has 1 aromatic rings. The van der Waals surface area contributed by atoms with Crippen LogP contribution in [0.1, 0.15) is 12.5 Å². The first-order valence-corrected chi connectivity index (χ1v) is 4.65. The van der Waals surface area contributed by atoms with Crippen molar-refractivity contribution in [1.29, 1.82) is 0 Å². The summed E-state index contributed by atoms with van der Waals surface area (Å²) in [5.41, 5.74) is 3.62. The van der Waals surface area contributed by atoms with Gasteiger partial charge < -0.3 is 11.1 Å². The molecule has 1 atom stereocenters. The molecule has 0 saturated carbocycles. The van der Waals surface area contributed by atoms with E-state index >= 15 is 0 Å². The molecule has 94 valence electrons. The van der Waals surface area contributed by atoms with Gasteiger partial charge in [-0.2, -0.15) is 13.2 Å². The number of carbonyl (C=O) groups excluding carboxylic acids is 1. The van der Waals surface area contributed by atoms with Crippen LogP contribution in [0.15, 0.2) is 18.2 Å². The maximum Gasteiger partial charge on any atom is 0.416 e. The zero-order chi connectivity index (χ0) is 13.2. The predicted molar refractivity (Wildman–Crippen MR) is 53.7 cm³/mol. The highest BCUT2D eigenvalue weighted by Crippen LogP contribution is 2.31. The molecule has 0 fully saturated rings. The van der Waals surface area contributed by atoms with Crippen LogP contribution in [0.5, 0.6) is 0 Å². The topological polar surface area (TPSA) is 55.1 Å². The van der Waals surface area contributed by atoms with E-state index in [1.165, 1.54) is 6.92 Å². The van der Waals surface area contributed by atoms with E-state index in [2.05, 4.69) is 0 Å². The Labute approximate surface area is 94.6 Å². The monoisotopic (exact) mass is 250 g/mol. The lowest BCUT2D eigenvalue weighted by Crippen LogP contribution is -2.32. The molecule has 3 nitrogen and oxygen atoms in total. The van der Waals surface area contributed by atoms with Crippen LogP contribution in [0.2, 0.25) is 0 Å². The summed E-state index contributed by atoms with van der Waals surface area (Å²) in [7, 11) is 0. The van der Waals surface area contributed by atoms with Gasteiger partial charge in [0, 0.05) is 0 Å². The van der Waals surface area contributed by atoms with Gasteiger partial charge in [0.15, 0.2) is 0 Å². The second-order valence-corrected chi connectivity index (χ2v) is 3.47. The lowest BCUT2D eigenvalue weighted by atomic mass is 10.2. The van der Waals surface area contributed by atoms with Crippen molar-refractivity contribution < 1.29 is 22.4 Å². The van der Waals surface area contributed by atoms with Gasteiger partial charge >= 0.3 is 6.18 Å². The Morgan fingerprint density at radius 2 is 2.00 bits per heavy atom. The highest BCUT2D eigenvalue weighted by atomic mass is 19.4. The standard InChI is InChI=1S/C10H10F4N2O/c1-5(15)9(17)16-8-4-6(10(12,13)14)2-3-7(8)11/h2-5H,15H2,1H3,(H,16,17). The highest BCUT2D eigenvalue weighted by molar-refractivity contribution is 5.94. The summed E-state index contributed by atoms with van der Waals surface area (Å²) in [5, 5.41) is 1.98. The molecule has 17 heavy (non-hydrogen) atoms. The van der Waals surface area contributed by atoms with Crippen LogP contribution in [0.25, 0.3) is 0 Å². The third-order valence-electron chi connectivity index (χ3n) is 1.97. The Morgan fingerprint density at radius 1 is 1.41 bits per heavy atom. The maximum absolute atomic E-state index is 13.2. The fraction of sp³-hybridized carbons (Fsp3) is 0.300. The fourth-order valence-corrected chi connectivity index (χ4v) is 1.04. The first-order valence-electron chi connectivity index (χ1n) is 4.65. The van der Waals surface area contributed by atoms with E-state index in [1.54, 1.807) is 0 Å². The molecule has 0 bridgehead atoms. The second-order valence-electron chi connectivity index (χ2n) is 3.47. The Hall–Kier alpha value is -1.63. The van der Waals surface area contributed by atoms with Crippen molar-refractivity contribution in [3.8, 4) is 0 Å². The van der Waals surface area contributed by atoms with Gasteiger partial charge in [0.25, 0.3) is 0 Å². The molecular formula is C10H10F4N2O. The summed E-state index contributed by atoms with van der Waals surface area (Å²) in [6, 6.07) is 0.815. The molecule has 0 aliphatic heterocycles. The normalized spacial score (nSPS) is 13.3. The number of benzene rings is 1. The molecule has 0 aliphatic rings. The molecule has 1 aromatic carbocycles. The number of nitrogens with two attached hydrogens (primary N) is 1.